The number of nitrogens with zero attached hydrogens (tertiary/aromatic N) is 2. The Morgan fingerprint density at radius 2 is 1.66 bits per heavy atom. The first-order chi connectivity index (χ1) is 21.3. The van der Waals surface area contributed by atoms with Gasteiger partial charge in [0.1, 0.15) is 0 Å². The Bertz CT molecular complexity index is 1750. The van der Waals surface area contributed by atoms with Crippen molar-refractivity contribution in [2.45, 2.75) is 33.7 Å². The van der Waals surface area contributed by atoms with Crippen LogP contribution in [0.3, 0.4) is 0 Å². The zero-order valence-electron chi connectivity index (χ0n) is 25.0. The van der Waals surface area contributed by atoms with Crippen molar-refractivity contribution in [1.29, 1.82) is 0 Å². The zero-order valence-corrected chi connectivity index (χ0v) is 28.0. The Kier molecular flexibility index (Phi) is 11.4. The van der Waals surface area contributed by atoms with E-state index in [1.165, 1.54) is 29.2 Å². The summed E-state index contributed by atoms with van der Waals surface area (Å²) in [6.45, 7) is 8.50. The van der Waals surface area contributed by atoms with Crippen molar-refractivity contribution < 1.29 is 38.0 Å². The lowest BCUT2D eigenvalue weighted by Gasteiger charge is -2.23. The standard InChI is InChI=1S/C31H33IN2O9S/c1-6-39-22-11-10-19(15-23(22)40-7-2)27-20(30(37)38-5)16-33-31-34(27)29(36)25(44-31)14-18-12-21(32)28(24(13-18)41-8-3)43-17-26(35)42-9-4/h10-16,27H,6-9,17H2,1-5H3/b25-14-/t27-/m0/s1. The maximum Gasteiger partial charge on any atom is 0.344 e. The molecule has 0 unspecified atom stereocenters. The topological polar surface area (TPSA) is 124 Å². The van der Waals surface area contributed by atoms with E-state index in [1.54, 1.807) is 37.3 Å². The van der Waals surface area contributed by atoms with Crippen molar-refractivity contribution in [1.82, 2.24) is 4.57 Å². The van der Waals surface area contributed by atoms with E-state index in [0.29, 0.717) is 66.8 Å². The highest BCUT2D eigenvalue weighted by Crippen LogP contribution is 2.36. The molecule has 13 heteroatoms. The molecule has 1 aliphatic rings. The van der Waals surface area contributed by atoms with Crippen molar-refractivity contribution in [3.8, 4) is 23.0 Å². The van der Waals surface area contributed by atoms with Gasteiger partial charge in [-0.05, 0) is 91.8 Å². The summed E-state index contributed by atoms with van der Waals surface area (Å²) >= 11 is 3.28. The molecule has 4 rings (SSSR count). The van der Waals surface area contributed by atoms with Crippen LogP contribution in [0, 0.1) is 3.57 Å². The number of carbonyl (C=O) groups is 2. The van der Waals surface area contributed by atoms with Crippen LogP contribution in [-0.4, -0.2) is 56.6 Å². The smallest absolute Gasteiger partial charge is 0.344 e. The maximum absolute atomic E-state index is 14.0. The van der Waals surface area contributed by atoms with Crippen molar-refractivity contribution in [2.75, 3.05) is 40.1 Å². The molecular formula is C31H33IN2O9S. The fourth-order valence-corrected chi connectivity index (χ4v) is 6.30. The van der Waals surface area contributed by atoms with Gasteiger partial charge in [-0.15, -0.1) is 0 Å². The zero-order chi connectivity index (χ0) is 31.8. The summed E-state index contributed by atoms with van der Waals surface area (Å²) in [5.74, 6) is 0.794. The van der Waals surface area contributed by atoms with Gasteiger partial charge in [0.25, 0.3) is 5.56 Å². The summed E-state index contributed by atoms with van der Waals surface area (Å²) in [4.78, 5) is 43.6. The van der Waals surface area contributed by atoms with Gasteiger partial charge in [-0.3, -0.25) is 9.36 Å². The molecule has 0 aliphatic carbocycles. The third kappa shape index (κ3) is 7.26. The number of aromatic nitrogens is 1. The van der Waals surface area contributed by atoms with E-state index < -0.39 is 18.0 Å². The molecule has 2 heterocycles. The van der Waals surface area contributed by atoms with E-state index >= 15 is 0 Å². The molecule has 0 saturated heterocycles. The second-order valence-electron chi connectivity index (χ2n) is 9.10. The summed E-state index contributed by atoms with van der Waals surface area (Å²) in [5.41, 5.74) is 1.17. The average Bonchev–Trinajstić information content (AvgIpc) is 3.31. The van der Waals surface area contributed by atoms with Crippen LogP contribution in [0.5, 0.6) is 23.0 Å². The predicted molar refractivity (Wildman–Crippen MR) is 172 cm³/mol. The Morgan fingerprint density at radius 3 is 2.34 bits per heavy atom. The normalized spacial score (nSPS) is 14.2. The van der Waals surface area contributed by atoms with E-state index in [9.17, 15) is 14.4 Å². The molecule has 0 amide bonds. The maximum atomic E-state index is 14.0. The van der Waals surface area contributed by atoms with E-state index in [0.717, 1.165) is 0 Å². The van der Waals surface area contributed by atoms with Crippen LogP contribution in [0.1, 0.15) is 44.9 Å². The van der Waals surface area contributed by atoms with Gasteiger partial charge in [-0.25, -0.2) is 14.6 Å². The van der Waals surface area contributed by atoms with Crippen molar-refractivity contribution in [3.05, 3.63) is 76.5 Å². The number of ether oxygens (including phenoxy) is 6. The van der Waals surface area contributed by atoms with Crippen LogP contribution in [0.15, 0.2) is 51.9 Å². The molecule has 0 fully saturated rings. The lowest BCUT2D eigenvalue weighted by atomic mass is 9.97. The first-order valence-corrected chi connectivity index (χ1v) is 15.9. The molecular weight excluding hydrogens is 703 g/mol. The Balaban J connectivity index is 1.82. The van der Waals surface area contributed by atoms with Gasteiger partial charge in [0, 0.05) is 6.20 Å². The van der Waals surface area contributed by atoms with E-state index in [2.05, 4.69) is 27.6 Å². The van der Waals surface area contributed by atoms with Gasteiger partial charge >= 0.3 is 11.9 Å². The van der Waals surface area contributed by atoms with Crippen LogP contribution in [0.2, 0.25) is 0 Å². The monoisotopic (exact) mass is 736 g/mol. The number of thiazole rings is 1. The lowest BCUT2D eigenvalue weighted by molar-refractivity contribution is -0.145. The molecule has 0 radical (unpaired) electrons. The number of hydrogen-bond donors (Lipinski definition) is 0. The molecule has 44 heavy (non-hydrogen) atoms. The van der Waals surface area contributed by atoms with E-state index in [1.807, 2.05) is 26.8 Å². The van der Waals surface area contributed by atoms with Gasteiger partial charge in [0.2, 0.25) is 0 Å². The third-order valence-electron chi connectivity index (χ3n) is 6.28. The fraction of sp³-hybridized carbons (Fsp3) is 0.355. The van der Waals surface area contributed by atoms with Crippen LogP contribution >= 0.6 is 33.9 Å². The first kappa shape index (κ1) is 33.1. The number of hydrogen-bond acceptors (Lipinski definition) is 11. The molecule has 2 aromatic carbocycles. The van der Waals surface area contributed by atoms with E-state index in [-0.39, 0.29) is 24.3 Å². The molecule has 0 N–H and O–H groups in total. The fourth-order valence-electron chi connectivity index (χ4n) is 4.55. The highest BCUT2D eigenvalue weighted by molar-refractivity contribution is 14.1. The second kappa shape index (κ2) is 15.2. The Labute approximate surface area is 271 Å². The number of methoxy groups -OCH3 is 1. The summed E-state index contributed by atoms with van der Waals surface area (Å²) in [7, 11) is 1.28. The number of fused-ring (bicyclic) bond motifs is 1. The summed E-state index contributed by atoms with van der Waals surface area (Å²) < 4.78 is 35.6. The van der Waals surface area contributed by atoms with Crippen LogP contribution in [0.4, 0.5) is 0 Å². The van der Waals surface area contributed by atoms with Gasteiger partial charge < -0.3 is 28.4 Å². The highest BCUT2D eigenvalue weighted by Gasteiger charge is 2.31. The Hall–Kier alpha value is -3.85. The number of esters is 2. The number of rotatable bonds is 13. The lowest BCUT2D eigenvalue weighted by Crippen LogP contribution is -2.39. The minimum atomic E-state index is -0.812. The van der Waals surface area contributed by atoms with Crippen molar-refractivity contribution >= 4 is 51.9 Å². The van der Waals surface area contributed by atoms with Crippen LogP contribution in [0.25, 0.3) is 6.08 Å². The SMILES string of the molecule is CCOC(=O)COc1c(I)cc(/C=c2\sc3n(c2=O)[C@@H](c2ccc(OCC)c(OCC)c2)C(C(=O)OC)=CN=3)cc1OCC. The highest BCUT2D eigenvalue weighted by atomic mass is 127. The molecule has 11 nitrogen and oxygen atoms in total. The molecule has 234 valence electrons. The second-order valence-corrected chi connectivity index (χ2v) is 11.3. The summed E-state index contributed by atoms with van der Waals surface area (Å²) in [6.07, 6.45) is 3.17. The van der Waals surface area contributed by atoms with Crippen LogP contribution < -0.4 is 33.8 Å². The molecule has 1 aromatic heterocycles. The average molecular weight is 737 g/mol. The molecule has 3 aromatic rings. The quantitative estimate of drug-likeness (QED) is 0.191. The van der Waals surface area contributed by atoms with Gasteiger partial charge in [-0.1, -0.05) is 17.4 Å². The summed E-state index contributed by atoms with van der Waals surface area (Å²) in [6, 6.07) is 8.07. The Morgan fingerprint density at radius 1 is 0.955 bits per heavy atom. The molecule has 0 bridgehead atoms. The minimum Gasteiger partial charge on any atom is -0.490 e. The number of carbonyl (C=O) groups excluding carboxylic acids is 2. The molecule has 1 aliphatic heterocycles. The van der Waals surface area contributed by atoms with Crippen molar-refractivity contribution in [2.24, 2.45) is 4.99 Å². The molecule has 0 saturated carbocycles. The number of benzene rings is 2. The molecule has 1 atom stereocenters. The van der Waals surface area contributed by atoms with Crippen LogP contribution in [-0.2, 0) is 19.1 Å². The van der Waals surface area contributed by atoms with Crippen molar-refractivity contribution in [3.63, 3.8) is 0 Å². The first-order valence-electron chi connectivity index (χ1n) is 14.0. The van der Waals surface area contributed by atoms with Gasteiger partial charge in [-0.2, -0.15) is 0 Å². The third-order valence-corrected chi connectivity index (χ3v) is 8.08. The minimum absolute atomic E-state index is 0.203. The number of halogens is 1. The van der Waals surface area contributed by atoms with E-state index in [4.69, 9.17) is 28.4 Å². The van der Waals surface area contributed by atoms with Gasteiger partial charge in [0.05, 0.1) is 53.3 Å². The largest absolute Gasteiger partial charge is 0.490 e. The molecule has 0 spiro atoms. The summed E-state index contributed by atoms with van der Waals surface area (Å²) in [5, 5.41) is 0. The van der Waals surface area contributed by atoms with Gasteiger partial charge in [0.15, 0.2) is 34.4 Å². The predicted octanol–water partition coefficient (Wildman–Crippen LogP) is 3.76.